The number of esters is 1. The molecule has 7 nitrogen and oxygen atoms in total. The molecule has 7 heteroatoms. The van der Waals surface area contributed by atoms with E-state index in [2.05, 4.69) is 12.2 Å². The van der Waals surface area contributed by atoms with Gasteiger partial charge in [0.05, 0.1) is 18.7 Å². The fourth-order valence-electron chi connectivity index (χ4n) is 3.14. The third-order valence-corrected chi connectivity index (χ3v) is 4.51. The summed E-state index contributed by atoms with van der Waals surface area (Å²) in [6.45, 7) is 2.48. The first kappa shape index (κ1) is 20.5. The molecule has 1 amide bonds. The third kappa shape index (κ3) is 5.19. The number of benzene rings is 2. The molecule has 3 rings (SSSR count). The molecule has 1 heterocycles. The van der Waals surface area contributed by atoms with Crippen LogP contribution in [0.1, 0.15) is 41.7 Å². The minimum absolute atomic E-state index is 0.123. The molecule has 0 aliphatic carbocycles. The van der Waals surface area contributed by atoms with Gasteiger partial charge >= 0.3 is 5.97 Å². The van der Waals surface area contributed by atoms with Crippen molar-refractivity contribution in [2.75, 3.05) is 26.9 Å². The molecule has 1 N–H and O–H groups in total. The van der Waals surface area contributed by atoms with E-state index in [1.165, 1.54) is 19.2 Å². The maximum atomic E-state index is 12.4. The van der Waals surface area contributed by atoms with E-state index in [0.29, 0.717) is 30.5 Å². The van der Waals surface area contributed by atoms with Crippen molar-refractivity contribution >= 4 is 11.9 Å². The highest BCUT2D eigenvalue weighted by Crippen LogP contribution is 2.40. The number of carbonyl (C=O) groups excluding carboxylic acids is 2. The fraction of sp³-hybridized carbons (Fsp3) is 0.364. The lowest BCUT2D eigenvalue weighted by atomic mass is 10.0. The van der Waals surface area contributed by atoms with E-state index < -0.39 is 5.97 Å². The van der Waals surface area contributed by atoms with Crippen LogP contribution in [0.4, 0.5) is 0 Å². The van der Waals surface area contributed by atoms with Gasteiger partial charge in [0.15, 0.2) is 18.1 Å². The van der Waals surface area contributed by atoms with Gasteiger partial charge in [-0.05, 0) is 24.1 Å². The second kappa shape index (κ2) is 9.82. The van der Waals surface area contributed by atoms with Gasteiger partial charge in [-0.15, -0.1) is 0 Å². The second-order valence-corrected chi connectivity index (χ2v) is 6.60. The summed E-state index contributed by atoms with van der Waals surface area (Å²) in [5.41, 5.74) is 1.25. The molecule has 0 radical (unpaired) electrons. The number of amides is 1. The van der Waals surface area contributed by atoms with Crippen LogP contribution < -0.4 is 19.5 Å². The molecule has 2 aromatic rings. The molecule has 1 aliphatic rings. The van der Waals surface area contributed by atoms with Crippen LogP contribution in [0.5, 0.6) is 17.2 Å². The van der Waals surface area contributed by atoms with Crippen LogP contribution in [0, 0.1) is 0 Å². The van der Waals surface area contributed by atoms with Crippen molar-refractivity contribution in [3.05, 3.63) is 53.6 Å². The monoisotopic (exact) mass is 399 g/mol. The largest absolute Gasteiger partial charge is 0.493 e. The Bertz CT molecular complexity index is 835. The van der Waals surface area contributed by atoms with Crippen LogP contribution >= 0.6 is 0 Å². The van der Waals surface area contributed by atoms with Gasteiger partial charge in [-0.2, -0.15) is 0 Å². The molecule has 0 aromatic heterocycles. The summed E-state index contributed by atoms with van der Waals surface area (Å²) in [4.78, 5) is 24.8. The summed E-state index contributed by atoms with van der Waals surface area (Å²) >= 11 is 0. The van der Waals surface area contributed by atoms with E-state index in [0.717, 1.165) is 18.4 Å². The average Bonchev–Trinajstić information content (AvgIpc) is 2.77. The van der Waals surface area contributed by atoms with E-state index in [1.807, 2.05) is 30.3 Å². The first-order valence-corrected chi connectivity index (χ1v) is 9.61. The summed E-state index contributed by atoms with van der Waals surface area (Å²) in [6.07, 6.45) is 1.71. The van der Waals surface area contributed by atoms with Gasteiger partial charge in [0.25, 0.3) is 5.91 Å². The Labute approximate surface area is 169 Å². The van der Waals surface area contributed by atoms with E-state index in [1.54, 1.807) is 0 Å². The van der Waals surface area contributed by atoms with Gasteiger partial charge in [0.2, 0.25) is 5.75 Å². The summed E-state index contributed by atoms with van der Waals surface area (Å²) in [5, 5.41) is 2.93. The molecule has 2 aromatic carbocycles. The molecule has 1 aliphatic heterocycles. The minimum Gasteiger partial charge on any atom is -0.493 e. The van der Waals surface area contributed by atoms with Crippen LogP contribution in [0.3, 0.4) is 0 Å². The number of fused-ring (bicyclic) bond motifs is 1. The molecule has 0 fully saturated rings. The Kier molecular flexibility index (Phi) is 6.94. The number of rotatable bonds is 8. The molecule has 154 valence electrons. The molecule has 0 bridgehead atoms. The summed E-state index contributed by atoms with van der Waals surface area (Å²) < 4.78 is 21.5. The maximum absolute atomic E-state index is 12.4. The Balaban J connectivity index is 1.62. The van der Waals surface area contributed by atoms with Crippen molar-refractivity contribution in [2.24, 2.45) is 0 Å². The second-order valence-electron chi connectivity index (χ2n) is 6.60. The van der Waals surface area contributed by atoms with Gasteiger partial charge in [-0.3, -0.25) is 4.79 Å². The van der Waals surface area contributed by atoms with E-state index in [-0.39, 0.29) is 24.1 Å². The highest BCUT2D eigenvalue weighted by molar-refractivity contribution is 5.93. The molecular formula is C22H25NO6. The quantitative estimate of drug-likeness (QED) is 0.686. The van der Waals surface area contributed by atoms with Crippen LogP contribution in [0.2, 0.25) is 0 Å². The lowest BCUT2D eigenvalue weighted by molar-refractivity contribution is -0.125. The number of ether oxygens (including phenoxy) is 4. The highest BCUT2D eigenvalue weighted by Gasteiger charge is 2.22. The van der Waals surface area contributed by atoms with Crippen molar-refractivity contribution < 1.29 is 28.5 Å². The summed E-state index contributed by atoms with van der Waals surface area (Å²) in [7, 11) is 1.48. The molecule has 1 atom stereocenters. The van der Waals surface area contributed by atoms with Gasteiger partial charge in [0, 0.05) is 0 Å². The predicted molar refractivity (Wildman–Crippen MR) is 107 cm³/mol. The van der Waals surface area contributed by atoms with E-state index in [4.69, 9.17) is 18.9 Å². The molecule has 0 unspecified atom stereocenters. The zero-order valence-electron chi connectivity index (χ0n) is 16.6. The van der Waals surface area contributed by atoms with Crippen LogP contribution in [-0.2, 0) is 9.53 Å². The van der Waals surface area contributed by atoms with Crippen LogP contribution in [0.15, 0.2) is 42.5 Å². The first-order valence-electron chi connectivity index (χ1n) is 9.61. The molecule has 0 saturated heterocycles. The zero-order valence-corrected chi connectivity index (χ0v) is 16.6. The zero-order chi connectivity index (χ0) is 20.6. The first-order chi connectivity index (χ1) is 14.1. The van der Waals surface area contributed by atoms with Gasteiger partial charge in [0.1, 0.15) is 13.2 Å². The maximum Gasteiger partial charge on any atom is 0.338 e. The Hall–Kier alpha value is -3.22. The van der Waals surface area contributed by atoms with Crippen LogP contribution in [0.25, 0.3) is 0 Å². The third-order valence-electron chi connectivity index (χ3n) is 4.51. The fourth-order valence-corrected chi connectivity index (χ4v) is 3.14. The van der Waals surface area contributed by atoms with Crippen molar-refractivity contribution in [2.45, 2.75) is 25.8 Å². The van der Waals surface area contributed by atoms with Crippen molar-refractivity contribution in [1.82, 2.24) is 5.32 Å². The van der Waals surface area contributed by atoms with Crippen molar-refractivity contribution in [3.8, 4) is 17.2 Å². The van der Waals surface area contributed by atoms with E-state index in [9.17, 15) is 9.59 Å². The van der Waals surface area contributed by atoms with Crippen molar-refractivity contribution in [1.29, 1.82) is 0 Å². The summed E-state index contributed by atoms with van der Waals surface area (Å²) in [5.74, 6) is 0.260. The standard InChI is InChI=1S/C22H25NO6/c1-3-7-17(15-8-5-4-6-9-15)23-20(24)14-29-22(25)16-12-18(26-2)21-19(13-16)27-10-11-28-21/h4-6,8-9,12-13,17H,3,7,10-11,14H2,1-2H3,(H,23,24)/t17-/m0/s1. The number of nitrogens with one attached hydrogen (secondary N) is 1. The topological polar surface area (TPSA) is 83.1 Å². The van der Waals surface area contributed by atoms with Crippen LogP contribution in [-0.4, -0.2) is 38.8 Å². The number of methoxy groups -OCH3 is 1. The lowest BCUT2D eigenvalue weighted by Gasteiger charge is -2.21. The molecular weight excluding hydrogens is 374 g/mol. The highest BCUT2D eigenvalue weighted by atomic mass is 16.6. The molecule has 29 heavy (non-hydrogen) atoms. The normalized spacial score (nSPS) is 13.3. The number of carbonyl (C=O) groups is 2. The number of hydrogen-bond donors (Lipinski definition) is 1. The lowest BCUT2D eigenvalue weighted by Crippen LogP contribution is -2.32. The molecule has 0 saturated carbocycles. The Morgan fingerprint density at radius 2 is 1.90 bits per heavy atom. The Morgan fingerprint density at radius 1 is 1.14 bits per heavy atom. The van der Waals surface area contributed by atoms with Gasteiger partial charge in [-0.25, -0.2) is 4.79 Å². The van der Waals surface area contributed by atoms with E-state index >= 15 is 0 Å². The predicted octanol–water partition coefficient (Wildman–Crippen LogP) is 3.28. The minimum atomic E-state index is -0.637. The van der Waals surface area contributed by atoms with Gasteiger partial charge < -0.3 is 24.3 Å². The Morgan fingerprint density at radius 3 is 2.62 bits per heavy atom. The smallest absolute Gasteiger partial charge is 0.338 e. The summed E-state index contributed by atoms with van der Waals surface area (Å²) in [6, 6.07) is 12.6. The van der Waals surface area contributed by atoms with Crippen molar-refractivity contribution in [3.63, 3.8) is 0 Å². The SMILES string of the molecule is CCC[C@H](NC(=O)COC(=O)c1cc(OC)c2c(c1)OCCO2)c1ccccc1. The molecule has 0 spiro atoms. The average molecular weight is 399 g/mol. The van der Waals surface area contributed by atoms with Gasteiger partial charge in [-0.1, -0.05) is 43.7 Å². The number of hydrogen-bond acceptors (Lipinski definition) is 6.